The Morgan fingerprint density at radius 3 is 1.90 bits per heavy atom. The Bertz CT molecular complexity index is 129. The molecule has 1 aliphatic heterocycles. The van der Waals surface area contributed by atoms with E-state index in [1.165, 1.54) is 6.42 Å². The number of hydrogen-bond acceptors (Lipinski definition) is 1. The molecule has 2 unspecified atom stereocenters. The van der Waals surface area contributed by atoms with Crippen LogP contribution in [-0.2, 0) is 0 Å². The normalized spacial score (nSPS) is 40.5. The van der Waals surface area contributed by atoms with E-state index in [-0.39, 0.29) is 0 Å². The summed E-state index contributed by atoms with van der Waals surface area (Å²) in [5.74, 6) is 0. The fourth-order valence-electron chi connectivity index (χ4n) is 2.01. The van der Waals surface area contributed by atoms with Gasteiger partial charge in [0.05, 0.1) is 0 Å². The maximum Gasteiger partial charge on any atom is 0.0118 e. The third-order valence-electron chi connectivity index (χ3n) is 3.26. The predicted octanol–water partition coefficient (Wildman–Crippen LogP) is 2.13. The molecule has 1 saturated heterocycles. The van der Waals surface area contributed by atoms with Crippen LogP contribution in [0.3, 0.4) is 0 Å². The van der Waals surface area contributed by atoms with E-state index in [9.17, 15) is 0 Å². The summed E-state index contributed by atoms with van der Waals surface area (Å²) in [5.41, 5.74) is 0.522. The second-order valence-electron chi connectivity index (χ2n) is 4.38. The van der Waals surface area contributed by atoms with Crippen LogP contribution in [0.15, 0.2) is 0 Å². The Hall–Kier alpha value is -0.0400. The monoisotopic (exact) mass is 141 g/mol. The Morgan fingerprint density at radius 2 is 1.80 bits per heavy atom. The van der Waals surface area contributed by atoms with Gasteiger partial charge in [0.2, 0.25) is 0 Å². The van der Waals surface area contributed by atoms with E-state index in [4.69, 9.17) is 0 Å². The van der Waals surface area contributed by atoms with Gasteiger partial charge in [-0.25, -0.2) is 0 Å². The molecule has 1 nitrogen and oxygen atoms in total. The van der Waals surface area contributed by atoms with Crippen molar-refractivity contribution in [2.45, 2.75) is 46.2 Å². The van der Waals surface area contributed by atoms with E-state index in [0.29, 0.717) is 5.41 Å². The molecule has 0 aromatic carbocycles. The van der Waals surface area contributed by atoms with Crippen molar-refractivity contribution in [3.8, 4) is 0 Å². The first-order chi connectivity index (χ1) is 4.45. The van der Waals surface area contributed by atoms with Crippen LogP contribution in [0, 0.1) is 5.41 Å². The van der Waals surface area contributed by atoms with E-state index in [1.54, 1.807) is 0 Å². The van der Waals surface area contributed by atoms with E-state index in [2.05, 4.69) is 39.6 Å². The number of likely N-dealkylation sites (tertiary alicyclic amines) is 1. The van der Waals surface area contributed by atoms with Gasteiger partial charge in [-0.2, -0.15) is 0 Å². The molecule has 1 aliphatic rings. The summed E-state index contributed by atoms with van der Waals surface area (Å²) in [4.78, 5) is 2.47. The maximum atomic E-state index is 2.47. The fraction of sp³-hybridized carbons (Fsp3) is 1.00. The highest BCUT2D eigenvalue weighted by atomic mass is 15.2. The first kappa shape index (κ1) is 8.06. The van der Waals surface area contributed by atoms with E-state index in [0.717, 1.165) is 12.1 Å². The van der Waals surface area contributed by atoms with Crippen molar-refractivity contribution >= 4 is 0 Å². The van der Waals surface area contributed by atoms with Crippen molar-refractivity contribution in [2.75, 3.05) is 7.05 Å². The van der Waals surface area contributed by atoms with Crippen LogP contribution in [0.1, 0.15) is 34.1 Å². The van der Waals surface area contributed by atoms with Gasteiger partial charge in [0.25, 0.3) is 0 Å². The first-order valence-corrected chi connectivity index (χ1v) is 4.17. The molecule has 0 spiro atoms. The Morgan fingerprint density at radius 1 is 1.30 bits per heavy atom. The van der Waals surface area contributed by atoms with Crippen LogP contribution < -0.4 is 0 Å². The molecule has 0 radical (unpaired) electrons. The smallest absolute Gasteiger partial charge is 0.0118 e. The summed E-state index contributed by atoms with van der Waals surface area (Å²) in [6.07, 6.45) is 1.34. The summed E-state index contributed by atoms with van der Waals surface area (Å²) >= 11 is 0. The van der Waals surface area contributed by atoms with Crippen LogP contribution >= 0.6 is 0 Å². The Kier molecular flexibility index (Phi) is 1.80. The SMILES string of the molecule is CC1CC(C)(C)C(C)N1C. The zero-order valence-corrected chi connectivity index (χ0v) is 7.81. The zero-order valence-electron chi connectivity index (χ0n) is 7.81. The molecular weight excluding hydrogens is 122 g/mol. The second-order valence-corrected chi connectivity index (χ2v) is 4.38. The van der Waals surface area contributed by atoms with Crippen LogP contribution in [0.4, 0.5) is 0 Å². The molecule has 0 aliphatic carbocycles. The molecule has 1 heteroatoms. The lowest BCUT2D eigenvalue weighted by Crippen LogP contribution is -2.32. The summed E-state index contributed by atoms with van der Waals surface area (Å²) in [6.45, 7) is 9.35. The van der Waals surface area contributed by atoms with Gasteiger partial charge in [-0.1, -0.05) is 13.8 Å². The van der Waals surface area contributed by atoms with Gasteiger partial charge in [0, 0.05) is 12.1 Å². The molecule has 10 heavy (non-hydrogen) atoms. The van der Waals surface area contributed by atoms with Crippen molar-refractivity contribution in [3.63, 3.8) is 0 Å². The molecule has 60 valence electrons. The van der Waals surface area contributed by atoms with Crippen LogP contribution in [0.2, 0.25) is 0 Å². The lowest BCUT2D eigenvalue weighted by atomic mass is 9.85. The largest absolute Gasteiger partial charge is 0.300 e. The average molecular weight is 141 g/mol. The molecule has 1 heterocycles. The minimum absolute atomic E-state index is 0.522. The molecular formula is C9H19N. The number of hydrogen-bond donors (Lipinski definition) is 0. The van der Waals surface area contributed by atoms with Crippen molar-refractivity contribution < 1.29 is 0 Å². The molecule has 0 bridgehead atoms. The molecule has 0 N–H and O–H groups in total. The maximum absolute atomic E-state index is 2.47. The summed E-state index contributed by atoms with van der Waals surface area (Å²) in [6, 6.07) is 1.51. The van der Waals surface area contributed by atoms with E-state index < -0.39 is 0 Å². The van der Waals surface area contributed by atoms with Crippen LogP contribution in [-0.4, -0.2) is 24.0 Å². The molecule has 0 aromatic rings. The van der Waals surface area contributed by atoms with Gasteiger partial charge >= 0.3 is 0 Å². The quantitative estimate of drug-likeness (QED) is 0.499. The average Bonchev–Trinajstić information content (AvgIpc) is 1.95. The molecule has 0 amide bonds. The molecule has 1 fully saturated rings. The van der Waals surface area contributed by atoms with E-state index >= 15 is 0 Å². The van der Waals surface area contributed by atoms with Crippen molar-refractivity contribution in [2.24, 2.45) is 5.41 Å². The third kappa shape index (κ3) is 1.07. The summed E-state index contributed by atoms with van der Waals surface area (Å²) < 4.78 is 0. The lowest BCUT2D eigenvalue weighted by molar-refractivity contribution is 0.213. The van der Waals surface area contributed by atoms with Crippen molar-refractivity contribution in [1.82, 2.24) is 4.90 Å². The molecule has 0 aromatic heterocycles. The van der Waals surface area contributed by atoms with Crippen molar-refractivity contribution in [1.29, 1.82) is 0 Å². The fourth-order valence-corrected chi connectivity index (χ4v) is 2.01. The highest BCUT2D eigenvalue weighted by molar-refractivity contribution is 4.93. The molecule has 2 atom stereocenters. The minimum atomic E-state index is 0.522. The highest BCUT2D eigenvalue weighted by Crippen LogP contribution is 2.38. The topological polar surface area (TPSA) is 3.24 Å². The zero-order chi connectivity index (χ0) is 7.94. The highest BCUT2D eigenvalue weighted by Gasteiger charge is 2.39. The van der Waals surface area contributed by atoms with Crippen LogP contribution in [0.5, 0.6) is 0 Å². The van der Waals surface area contributed by atoms with Gasteiger partial charge in [-0.3, -0.25) is 0 Å². The Balaban J connectivity index is 2.71. The predicted molar refractivity (Wildman–Crippen MR) is 45.1 cm³/mol. The first-order valence-electron chi connectivity index (χ1n) is 4.17. The number of rotatable bonds is 0. The lowest BCUT2D eigenvalue weighted by Gasteiger charge is -2.26. The van der Waals surface area contributed by atoms with Gasteiger partial charge in [0.15, 0.2) is 0 Å². The van der Waals surface area contributed by atoms with E-state index in [1.807, 2.05) is 0 Å². The molecule has 1 rings (SSSR count). The van der Waals surface area contributed by atoms with Crippen molar-refractivity contribution in [3.05, 3.63) is 0 Å². The van der Waals surface area contributed by atoms with Gasteiger partial charge < -0.3 is 4.90 Å². The molecule has 0 saturated carbocycles. The number of nitrogens with zero attached hydrogens (tertiary/aromatic N) is 1. The van der Waals surface area contributed by atoms with Crippen LogP contribution in [0.25, 0.3) is 0 Å². The minimum Gasteiger partial charge on any atom is -0.300 e. The van der Waals surface area contributed by atoms with Gasteiger partial charge in [-0.15, -0.1) is 0 Å². The summed E-state index contributed by atoms with van der Waals surface area (Å²) in [5, 5.41) is 0. The standard InChI is InChI=1S/C9H19N/c1-7-6-9(3,4)8(2)10(7)5/h7-8H,6H2,1-5H3. The van der Waals surface area contributed by atoms with Gasteiger partial charge in [0.1, 0.15) is 0 Å². The Labute approximate surface area is 64.4 Å². The third-order valence-corrected chi connectivity index (χ3v) is 3.26. The summed E-state index contributed by atoms with van der Waals surface area (Å²) in [7, 11) is 2.23. The van der Waals surface area contributed by atoms with Gasteiger partial charge in [-0.05, 0) is 32.7 Å². The second kappa shape index (κ2) is 2.23.